The Balaban J connectivity index is 1.83. The SMILES string of the molecule is Cc1ccc(CN2C(=O)C(=NOC(=O)CCCCl)c3ccccc32)cc1. The van der Waals surface area contributed by atoms with Gasteiger partial charge in [-0.3, -0.25) is 4.79 Å². The number of halogens is 1. The molecule has 1 heterocycles. The summed E-state index contributed by atoms with van der Waals surface area (Å²) in [5.74, 6) is -0.407. The highest BCUT2D eigenvalue weighted by Gasteiger charge is 2.34. The van der Waals surface area contributed by atoms with E-state index in [4.69, 9.17) is 16.4 Å². The van der Waals surface area contributed by atoms with Crippen molar-refractivity contribution in [1.82, 2.24) is 0 Å². The van der Waals surface area contributed by atoms with Crippen LogP contribution in [0.1, 0.15) is 29.5 Å². The molecule has 2 aromatic rings. The van der Waals surface area contributed by atoms with E-state index in [2.05, 4.69) is 5.16 Å². The number of fused-ring (bicyclic) bond motifs is 1. The lowest BCUT2D eigenvalue weighted by molar-refractivity contribution is -0.143. The first-order valence-corrected chi connectivity index (χ1v) is 8.94. The van der Waals surface area contributed by atoms with Gasteiger partial charge >= 0.3 is 5.97 Å². The zero-order valence-electron chi connectivity index (χ0n) is 14.4. The monoisotopic (exact) mass is 370 g/mol. The fraction of sp³-hybridized carbons (Fsp3) is 0.250. The van der Waals surface area contributed by atoms with E-state index in [1.165, 1.54) is 0 Å². The maximum absolute atomic E-state index is 12.8. The summed E-state index contributed by atoms with van der Waals surface area (Å²) in [4.78, 5) is 31.1. The second-order valence-electron chi connectivity index (χ2n) is 6.09. The molecule has 0 aromatic heterocycles. The van der Waals surface area contributed by atoms with Crippen LogP contribution in [0.3, 0.4) is 0 Å². The Bertz CT molecular complexity index is 846. The summed E-state index contributed by atoms with van der Waals surface area (Å²) in [6, 6.07) is 15.4. The minimum Gasteiger partial charge on any atom is -0.317 e. The Labute approximate surface area is 157 Å². The number of hydrogen-bond acceptors (Lipinski definition) is 4. The van der Waals surface area contributed by atoms with Crippen molar-refractivity contribution >= 4 is 34.9 Å². The number of carbonyl (C=O) groups excluding carboxylic acids is 2. The minimum atomic E-state index is -0.500. The molecule has 6 heteroatoms. The molecule has 1 aliphatic rings. The Morgan fingerprint density at radius 2 is 1.88 bits per heavy atom. The minimum absolute atomic E-state index is 0.145. The van der Waals surface area contributed by atoms with Crippen LogP contribution in [0.25, 0.3) is 0 Å². The van der Waals surface area contributed by atoms with E-state index in [1.54, 1.807) is 11.0 Å². The molecule has 0 atom stereocenters. The largest absolute Gasteiger partial charge is 0.335 e. The van der Waals surface area contributed by atoms with E-state index in [9.17, 15) is 9.59 Å². The number of nitrogens with zero attached hydrogens (tertiary/aromatic N) is 2. The van der Waals surface area contributed by atoms with Gasteiger partial charge in [-0.25, -0.2) is 4.79 Å². The molecule has 3 rings (SSSR count). The van der Waals surface area contributed by atoms with Crippen LogP contribution in [-0.2, 0) is 21.0 Å². The molecule has 134 valence electrons. The van der Waals surface area contributed by atoms with Crippen molar-refractivity contribution in [2.75, 3.05) is 10.8 Å². The number of para-hydroxylation sites is 1. The van der Waals surface area contributed by atoms with E-state index in [-0.39, 0.29) is 18.0 Å². The number of alkyl halides is 1. The maximum Gasteiger partial charge on any atom is 0.335 e. The van der Waals surface area contributed by atoms with Crippen molar-refractivity contribution in [3.8, 4) is 0 Å². The van der Waals surface area contributed by atoms with Gasteiger partial charge in [0.25, 0.3) is 5.91 Å². The molecule has 26 heavy (non-hydrogen) atoms. The lowest BCUT2D eigenvalue weighted by Gasteiger charge is -2.16. The van der Waals surface area contributed by atoms with Gasteiger partial charge in [-0.05, 0) is 25.0 Å². The van der Waals surface area contributed by atoms with Gasteiger partial charge in [0.15, 0.2) is 5.71 Å². The molecule has 0 saturated carbocycles. The van der Waals surface area contributed by atoms with Crippen LogP contribution >= 0.6 is 11.6 Å². The van der Waals surface area contributed by atoms with Crippen molar-refractivity contribution in [2.45, 2.75) is 26.3 Å². The molecule has 1 amide bonds. The summed E-state index contributed by atoms with van der Waals surface area (Å²) in [5, 5.41) is 3.84. The molecule has 0 spiro atoms. The summed E-state index contributed by atoms with van der Waals surface area (Å²) >= 11 is 5.56. The van der Waals surface area contributed by atoms with E-state index >= 15 is 0 Å². The zero-order chi connectivity index (χ0) is 18.5. The van der Waals surface area contributed by atoms with Crippen molar-refractivity contribution < 1.29 is 14.4 Å². The van der Waals surface area contributed by atoms with E-state index in [0.29, 0.717) is 24.4 Å². The summed E-state index contributed by atoms with van der Waals surface area (Å²) in [6.07, 6.45) is 0.679. The van der Waals surface area contributed by atoms with Crippen LogP contribution in [-0.4, -0.2) is 23.5 Å². The molecule has 0 aliphatic carbocycles. The molecule has 1 aliphatic heterocycles. The molecule has 0 radical (unpaired) electrons. The number of amides is 1. The summed E-state index contributed by atoms with van der Waals surface area (Å²) in [6.45, 7) is 2.44. The number of carbonyl (C=O) groups is 2. The van der Waals surface area contributed by atoms with Crippen LogP contribution in [0.2, 0.25) is 0 Å². The third-order valence-corrected chi connectivity index (χ3v) is 4.38. The number of anilines is 1. The predicted molar refractivity (Wildman–Crippen MR) is 101 cm³/mol. The molecule has 5 nitrogen and oxygen atoms in total. The molecule has 0 bridgehead atoms. The summed E-state index contributed by atoms with van der Waals surface area (Å²) < 4.78 is 0. The number of hydrogen-bond donors (Lipinski definition) is 0. The van der Waals surface area contributed by atoms with Gasteiger partial charge in [0, 0.05) is 17.9 Å². The van der Waals surface area contributed by atoms with Crippen LogP contribution in [0, 0.1) is 6.92 Å². The standard InChI is InChI=1S/C20H19ClN2O3/c1-14-8-10-15(11-9-14)13-23-17-6-3-2-5-16(17)19(20(23)25)22-26-18(24)7-4-12-21/h2-3,5-6,8-11H,4,7,12-13H2,1H3. The fourth-order valence-corrected chi connectivity index (χ4v) is 2.87. The van der Waals surface area contributed by atoms with Crippen molar-refractivity contribution in [1.29, 1.82) is 0 Å². The highest BCUT2D eigenvalue weighted by atomic mass is 35.5. The fourth-order valence-electron chi connectivity index (χ4n) is 2.74. The Hall–Kier alpha value is -2.66. The van der Waals surface area contributed by atoms with Gasteiger partial charge in [0.2, 0.25) is 0 Å². The predicted octanol–water partition coefficient (Wildman–Crippen LogP) is 3.81. The van der Waals surface area contributed by atoms with Gasteiger partial charge < -0.3 is 9.74 Å². The quantitative estimate of drug-likeness (QED) is 0.441. The maximum atomic E-state index is 12.8. The average Bonchev–Trinajstić information content (AvgIpc) is 2.91. The first-order chi connectivity index (χ1) is 12.6. The summed E-state index contributed by atoms with van der Waals surface area (Å²) in [5.41, 5.74) is 3.74. The molecule has 2 aromatic carbocycles. The van der Waals surface area contributed by atoms with Gasteiger partial charge in [-0.1, -0.05) is 53.2 Å². The highest BCUT2D eigenvalue weighted by molar-refractivity contribution is 6.54. The lowest BCUT2D eigenvalue weighted by atomic mass is 10.1. The van der Waals surface area contributed by atoms with Gasteiger partial charge in [-0.2, -0.15) is 0 Å². The third-order valence-electron chi connectivity index (χ3n) is 4.11. The van der Waals surface area contributed by atoms with E-state index in [1.807, 2.05) is 49.4 Å². The highest BCUT2D eigenvalue weighted by Crippen LogP contribution is 2.30. The first-order valence-electron chi connectivity index (χ1n) is 8.41. The van der Waals surface area contributed by atoms with Gasteiger partial charge in [0.05, 0.1) is 12.2 Å². The van der Waals surface area contributed by atoms with Gasteiger partial charge in [0.1, 0.15) is 0 Å². The van der Waals surface area contributed by atoms with Crippen LogP contribution in [0.15, 0.2) is 53.7 Å². The number of benzene rings is 2. The van der Waals surface area contributed by atoms with E-state index < -0.39 is 5.97 Å². The lowest BCUT2D eigenvalue weighted by Crippen LogP contribution is -2.29. The number of aryl methyl sites for hydroxylation is 1. The second kappa shape index (κ2) is 8.15. The normalized spacial score (nSPS) is 14.6. The molecular weight excluding hydrogens is 352 g/mol. The van der Waals surface area contributed by atoms with Crippen molar-refractivity contribution in [3.63, 3.8) is 0 Å². The molecular formula is C20H19ClN2O3. The molecule has 0 fully saturated rings. The Morgan fingerprint density at radius 1 is 1.15 bits per heavy atom. The van der Waals surface area contributed by atoms with Crippen molar-refractivity contribution in [2.24, 2.45) is 5.16 Å². The second-order valence-corrected chi connectivity index (χ2v) is 6.47. The number of oxime groups is 1. The Kier molecular flexibility index (Phi) is 5.68. The van der Waals surface area contributed by atoms with Gasteiger partial charge in [-0.15, -0.1) is 11.6 Å². The Morgan fingerprint density at radius 3 is 2.62 bits per heavy atom. The topological polar surface area (TPSA) is 59.0 Å². The molecule has 0 saturated heterocycles. The van der Waals surface area contributed by atoms with Crippen LogP contribution in [0.5, 0.6) is 0 Å². The van der Waals surface area contributed by atoms with Crippen molar-refractivity contribution in [3.05, 3.63) is 65.2 Å². The van der Waals surface area contributed by atoms with Crippen LogP contribution in [0.4, 0.5) is 5.69 Å². The smallest absolute Gasteiger partial charge is 0.317 e. The first kappa shape index (κ1) is 18.1. The zero-order valence-corrected chi connectivity index (χ0v) is 15.2. The molecule has 0 N–H and O–H groups in total. The molecule has 0 unspecified atom stereocenters. The van der Waals surface area contributed by atoms with E-state index in [0.717, 1.165) is 16.8 Å². The summed E-state index contributed by atoms with van der Waals surface area (Å²) in [7, 11) is 0. The van der Waals surface area contributed by atoms with Crippen LogP contribution < -0.4 is 4.90 Å². The number of rotatable bonds is 6. The third kappa shape index (κ3) is 3.94. The average molecular weight is 371 g/mol.